The Balaban J connectivity index is 1.90. The molecule has 1 amide bonds. The molecule has 1 N–H and O–H groups in total. The highest BCUT2D eigenvalue weighted by Crippen LogP contribution is 2.38. The van der Waals surface area contributed by atoms with Crippen LogP contribution in [0, 0.1) is 12.7 Å². The smallest absolute Gasteiger partial charge is 0.295 e. The zero-order valence-corrected chi connectivity index (χ0v) is 17.9. The zero-order chi connectivity index (χ0) is 22.4. The number of carbonyl (C=O) groups is 1. The Bertz CT molecular complexity index is 1170. The number of ether oxygens (including phenoxy) is 2. The van der Waals surface area contributed by atoms with Gasteiger partial charge in [-0.05, 0) is 42.0 Å². The van der Waals surface area contributed by atoms with Crippen LogP contribution in [-0.4, -0.2) is 41.3 Å². The summed E-state index contributed by atoms with van der Waals surface area (Å²) in [4.78, 5) is 19.7. The quantitative estimate of drug-likeness (QED) is 0.223. The van der Waals surface area contributed by atoms with Crippen molar-refractivity contribution in [2.75, 3.05) is 25.6 Å². The standard InChI is InChI=1S/C18H15ClFN7O3S/c1-9-7-10(14-13(29-2)4-3-12(19)15(14)20)11(8-22-9)16(28)24-17-25-26-18(31-17)30-6-5-23-27-21/h3-4,7-8H,5-6H2,1-2H3,(H,24,25,28). The van der Waals surface area contributed by atoms with Crippen molar-refractivity contribution in [1.29, 1.82) is 0 Å². The minimum atomic E-state index is -0.715. The summed E-state index contributed by atoms with van der Waals surface area (Å²) in [5.41, 5.74) is 9.21. The SMILES string of the molecule is COc1ccc(Cl)c(F)c1-c1cc(C)ncc1C(=O)Nc1nnc(OCCN=[N+]=[N-])s1. The number of pyridine rings is 1. The maximum Gasteiger partial charge on any atom is 0.295 e. The number of carbonyl (C=O) groups excluding carboxylic acids is 1. The van der Waals surface area contributed by atoms with E-state index in [1.807, 2.05) is 0 Å². The van der Waals surface area contributed by atoms with Gasteiger partial charge in [0.15, 0.2) is 5.82 Å². The highest BCUT2D eigenvalue weighted by molar-refractivity contribution is 7.17. The molecule has 0 aliphatic carbocycles. The molecule has 160 valence electrons. The molecule has 3 rings (SSSR count). The Labute approximate surface area is 184 Å². The molecule has 0 spiro atoms. The first kappa shape index (κ1) is 22.2. The lowest BCUT2D eigenvalue weighted by Crippen LogP contribution is -2.14. The maximum absolute atomic E-state index is 14.9. The first-order valence-electron chi connectivity index (χ1n) is 8.72. The Morgan fingerprint density at radius 3 is 2.97 bits per heavy atom. The number of amides is 1. The number of anilines is 1. The van der Waals surface area contributed by atoms with Crippen LogP contribution in [0.1, 0.15) is 16.1 Å². The number of nitrogens with one attached hydrogen (secondary N) is 1. The lowest BCUT2D eigenvalue weighted by molar-refractivity contribution is 0.102. The number of hydrogen-bond donors (Lipinski definition) is 1. The molecule has 2 aromatic heterocycles. The molecule has 0 aliphatic heterocycles. The second-order valence-corrected chi connectivity index (χ2v) is 7.29. The number of hydrogen-bond acceptors (Lipinski definition) is 8. The number of methoxy groups -OCH3 is 1. The molecule has 0 aliphatic rings. The fourth-order valence-corrected chi connectivity index (χ4v) is 3.38. The van der Waals surface area contributed by atoms with Crippen LogP contribution in [0.15, 0.2) is 29.5 Å². The van der Waals surface area contributed by atoms with Gasteiger partial charge in [0.25, 0.3) is 11.1 Å². The Hall–Kier alpha value is -3.47. The number of azide groups is 1. The van der Waals surface area contributed by atoms with Gasteiger partial charge in [-0.2, -0.15) is 0 Å². The molecule has 0 saturated heterocycles. The summed E-state index contributed by atoms with van der Waals surface area (Å²) in [6, 6.07) is 4.46. The third-order valence-electron chi connectivity index (χ3n) is 3.94. The van der Waals surface area contributed by atoms with Crippen molar-refractivity contribution in [3.8, 4) is 22.1 Å². The van der Waals surface area contributed by atoms with Gasteiger partial charge in [-0.25, -0.2) is 4.39 Å². The molecule has 0 unspecified atom stereocenters. The lowest BCUT2D eigenvalue weighted by atomic mass is 9.98. The van der Waals surface area contributed by atoms with Crippen LogP contribution in [0.5, 0.6) is 10.9 Å². The zero-order valence-electron chi connectivity index (χ0n) is 16.3. The van der Waals surface area contributed by atoms with Gasteiger partial charge in [-0.15, -0.1) is 5.10 Å². The van der Waals surface area contributed by atoms with Crippen LogP contribution in [0.3, 0.4) is 0 Å². The number of aromatic nitrogens is 3. The van der Waals surface area contributed by atoms with E-state index in [1.165, 1.54) is 25.4 Å². The van der Waals surface area contributed by atoms with E-state index >= 15 is 0 Å². The molecule has 0 saturated carbocycles. The number of nitrogens with zero attached hydrogens (tertiary/aromatic N) is 6. The van der Waals surface area contributed by atoms with Gasteiger partial charge >= 0.3 is 0 Å². The summed E-state index contributed by atoms with van der Waals surface area (Å²) in [5.74, 6) is -1.08. The molecule has 1 aromatic carbocycles. The molecular formula is C18H15ClFN7O3S. The van der Waals surface area contributed by atoms with Crippen LogP contribution in [0.2, 0.25) is 5.02 Å². The number of aryl methyl sites for hydroxylation is 1. The van der Waals surface area contributed by atoms with Crippen molar-refractivity contribution in [2.24, 2.45) is 5.11 Å². The second kappa shape index (κ2) is 10.0. The van der Waals surface area contributed by atoms with E-state index in [9.17, 15) is 9.18 Å². The molecule has 0 fully saturated rings. The third kappa shape index (κ3) is 5.18. The van der Waals surface area contributed by atoms with Crippen molar-refractivity contribution < 1.29 is 18.7 Å². The fraction of sp³-hybridized carbons (Fsp3) is 0.222. The van der Waals surface area contributed by atoms with E-state index in [-0.39, 0.29) is 50.9 Å². The van der Waals surface area contributed by atoms with Gasteiger partial charge in [0, 0.05) is 22.4 Å². The van der Waals surface area contributed by atoms with Crippen LogP contribution in [0.25, 0.3) is 21.6 Å². The van der Waals surface area contributed by atoms with Crippen molar-refractivity contribution in [3.05, 3.63) is 56.9 Å². The van der Waals surface area contributed by atoms with Crippen LogP contribution >= 0.6 is 22.9 Å². The molecule has 0 bridgehead atoms. The Kier molecular flexibility index (Phi) is 7.19. The van der Waals surface area contributed by atoms with Crippen molar-refractivity contribution in [2.45, 2.75) is 6.92 Å². The average molecular weight is 464 g/mol. The van der Waals surface area contributed by atoms with Gasteiger partial charge in [0.1, 0.15) is 5.75 Å². The molecule has 3 aromatic rings. The predicted molar refractivity (Wildman–Crippen MR) is 113 cm³/mol. The monoisotopic (exact) mass is 463 g/mol. The van der Waals surface area contributed by atoms with Crippen molar-refractivity contribution in [1.82, 2.24) is 15.2 Å². The molecule has 2 heterocycles. The highest BCUT2D eigenvalue weighted by Gasteiger charge is 2.23. The fourth-order valence-electron chi connectivity index (χ4n) is 2.60. The Morgan fingerprint density at radius 2 is 2.23 bits per heavy atom. The molecule has 13 heteroatoms. The van der Waals surface area contributed by atoms with Gasteiger partial charge in [0.05, 0.1) is 36.4 Å². The first-order chi connectivity index (χ1) is 14.9. The van der Waals surface area contributed by atoms with Gasteiger partial charge in [-0.1, -0.05) is 21.8 Å². The van der Waals surface area contributed by atoms with Crippen LogP contribution in [0.4, 0.5) is 9.52 Å². The van der Waals surface area contributed by atoms with Gasteiger partial charge in [0.2, 0.25) is 5.13 Å². The van der Waals surface area contributed by atoms with E-state index < -0.39 is 11.7 Å². The normalized spacial score (nSPS) is 10.3. The molecular weight excluding hydrogens is 449 g/mol. The number of benzene rings is 1. The summed E-state index contributed by atoms with van der Waals surface area (Å²) in [6.45, 7) is 1.96. The second-order valence-electron chi connectivity index (χ2n) is 5.94. The molecule has 10 nitrogen and oxygen atoms in total. The van der Waals surface area contributed by atoms with E-state index in [2.05, 4.69) is 30.5 Å². The summed E-state index contributed by atoms with van der Waals surface area (Å²) in [5, 5.41) is 13.8. The highest BCUT2D eigenvalue weighted by atomic mass is 35.5. The minimum Gasteiger partial charge on any atom is -0.496 e. The number of halogens is 2. The Morgan fingerprint density at radius 1 is 1.42 bits per heavy atom. The topological polar surface area (TPSA) is 135 Å². The van der Waals surface area contributed by atoms with Gasteiger partial charge < -0.3 is 9.47 Å². The van der Waals surface area contributed by atoms with Gasteiger partial charge in [-0.3, -0.25) is 15.1 Å². The lowest BCUT2D eigenvalue weighted by Gasteiger charge is -2.14. The van der Waals surface area contributed by atoms with Crippen molar-refractivity contribution in [3.63, 3.8) is 0 Å². The molecule has 0 atom stereocenters. The van der Waals surface area contributed by atoms with Crippen molar-refractivity contribution >= 4 is 34.0 Å². The van der Waals surface area contributed by atoms with E-state index in [1.54, 1.807) is 13.0 Å². The van der Waals surface area contributed by atoms with E-state index in [0.717, 1.165) is 11.3 Å². The number of rotatable bonds is 8. The summed E-state index contributed by atoms with van der Waals surface area (Å²) >= 11 is 6.94. The summed E-state index contributed by atoms with van der Waals surface area (Å²) in [7, 11) is 1.39. The van der Waals surface area contributed by atoms with E-state index in [0.29, 0.717) is 5.69 Å². The minimum absolute atomic E-state index is 0.0463. The third-order valence-corrected chi connectivity index (χ3v) is 4.98. The van der Waals surface area contributed by atoms with Crippen LogP contribution < -0.4 is 14.8 Å². The molecule has 0 radical (unpaired) electrons. The first-order valence-corrected chi connectivity index (χ1v) is 9.91. The van der Waals surface area contributed by atoms with E-state index in [4.69, 9.17) is 26.6 Å². The summed E-state index contributed by atoms with van der Waals surface area (Å²) < 4.78 is 25.4. The maximum atomic E-state index is 14.9. The molecule has 31 heavy (non-hydrogen) atoms. The average Bonchev–Trinajstić information content (AvgIpc) is 3.20. The summed E-state index contributed by atoms with van der Waals surface area (Å²) in [6.07, 6.45) is 1.33. The predicted octanol–water partition coefficient (Wildman–Crippen LogP) is 4.65. The van der Waals surface area contributed by atoms with Crippen LogP contribution in [-0.2, 0) is 0 Å². The largest absolute Gasteiger partial charge is 0.496 e.